The summed E-state index contributed by atoms with van der Waals surface area (Å²) in [7, 11) is 1.36. The minimum absolute atomic E-state index is 0.385. The third-order valence-electron chi connectivity index (χ3n) is 4.01. The maximum Gasteiger partial charge on any atom is 0.411 e. The highest BCUT2D eigenvalue weighted by atomic mass is 16.6. The Hall–Kier alpha value is -2.04. The van der Waals surface area contributed by atoms with E-state index >= 15 is 0 Å². The van der Waals surface area contributed by atoms with Crippen molar-refractivity contribution in [3.05, 3.63) is 35.9 Å². The Morgan fingerprint density at radius 1 is 1.22 bits per heavy atom. The minimum atomic E-state index is -0.988. The molecular weight excluding hydrogens is 294 g/mol. The maximum atomic E-state index is 12.6. The third kappa shape index (κ3) is 3.84. The first-order valence-electron chi connectivity index (χ1n) is 7.91. The van der Waals surface area contributed by atoms with Gasteiger partial charge in [-0.25, -0.2) is 9.59 Å². The van der Waals surface area contributed by atoms with E-state index in [2.05, 4.69) is 0 Å². The van der Waals surface area contributed by atoms with Crippen LogP contribution in [0.4, 0.5) is 4.79 Å². The average Bonchev–Trinajstić information content (AvgIpc) is 2.90. The van der Waals surface area contributed by atoms with Gasteiger partial charge in [0.2, 0.25) is 0 Å². The molecule has 0 unspecified atom stereocenters. The molecule has 1 atom stereocenters. The molecular formula is C18H25NO4. The van der Waals surface area contributed by atoms with Crippen LogP contribution >= 0.6 is 0 Å². The molecule has 1 heterocycles. The van der Waals surface area contributed by atoms with Gasteiger partial charge >= 0.3 is 12.1 Å². The van der Waals surface area contributed by atoms with Crippen molar-refractivity contribution in [2.45, 2.75) is 51.2 Å². The summed E-state index contributed by atoms with van der Waals surface area (Å²) in [5.74, 6) is -0.385. The Morgan fingerprint density at radius 3 is 2.43 bits per heavy atom. The molecule has 1 aromatic rings. The lowest BCUT2D eigenvalue weighted by Crippen LogP contribution is -2.56. The van der Waals surface area contributed by atoms with E-state index in [1.54, 1.807) is 0 Å². The molecule has 0 aliphatic carbocycles. The molecule has 1 fully saturated rings. The van der Waals surface area contributed by atoms with Crippen LogP contribution in [0.1, 0.15) is 39.2 Å². The normalized spacial score (nSPS) is 21.1. The van der Waals surface area contributed by atoms with Gasteiger partial charge in [0, 0.05) is 13.0 Å². The maximum absolute atomic E-state index is 12.6. The van der Waals surface area contributed by atoms with Crippen LogP contribution in [0.3, 0.4) is 0 Å². The van der Waals surface area contributed by atoms with Crippen LogP contribution in [0.15, 0.2) is 30.3 Å². The standard InChI is InChI=1S/C18H25NO4/c1-17(2,3)23-16(21)19-12-8-11-18(19,15(20)22-4)13-14-9-6-5-7-10-14/h5-7,9-10H,8,11-13H2,1-4H3/t18-/m1/s1. The highest BCUT2D eigenvalue weighted by Crippen LogP contribution is 2.35. The molecule has 126 valence electrons. The number of benzene rings is 1. The van der Waals surface area contributed by atoms with Crippen molar-refractivity contribution in [2.75, 3.05) is 13.7 Å². The number of carbonyl (C=O) groups excluding carboxylic acids is 2. The zero-order valence-electron chi connectivity index (χ0n) is 14.3. The predicted molar refractivity (Wildman–Crippen MR) is 87.1 cm³/mol. The molecule has 1 aliphatic rings. The van der Waals surface area contributed by atoms with Crippen LogP contribution in [-0.2, 0) is 20.7 Å². The second-order valence-corrected chi connectivity index (χ2v) is 6.92. The number of esters is 1. The number of hydrogen-bond acceptors (Lipinski definition) is 4. The van der Waals surface area contributed by atoms with Crippen molar-refractivity contribution in [1.82, 2.24) is 4.90 Å². The Balaban J connectivity index is 2.32. The van der Waals surface area contributed by atoms with E-state index in [1.165, 1.54) is 12.0 Å². The van der Waals surface area contributed by atoms with Crippen LogP contribution in [-0.4, -0.2) is 41.8 Å². The Morgan fingerprint density at radius 2 is 1.87 bits per heavy atom. The van der Waals surface area contributed by atoms with Crippen LogP contribution in [0.5, 0.6) is 0 Å². The number of rotatable bonds is 3. The summed E-state index contributed by atoms with van der Waals surface area (Å²) in [5.41, 5.74) is -0.597. The molecule has 1 aromatic carbocycles. The molecule has 1 aliphatic heterocycles. The van der Waals surface area contributed by atoms with Gasteiger partial charge in [0.15, 0.2) is 0 Å². The van der Waals surface area contributed by atoms with E-state index in [9.17, 15) is 9.59 Å². The van der Waals surface area contributed by atoms with Gasteiger partial charge in [0.25, 0.3) is 0 Å². The first-order chi connectivity index (χ1) is 10.8. The zero-order chi connectivity index (χ0) is 17.1. The van der Waals surface area contributed by atoms with Crippen LogP contribution in [0, 0.1) is 0 Å². The van der Waals surface area contributed by atoms with Crippen LogP contribution < -0.4 is 0 Å². The minimum Gasteiger partial charge on any atom is -0.467 e. The predicted octanol–water partition coefficient (Wildman–Crippen LogP) is 3.17. The molecule has 0 spiro atoms. The van der Waals surface area contributed by atoms with Crippen molar-refractivity contribution in [2.24, 2.45) is 0 Å². The van der Waals surface area contributed by atoms with Gasteiger partial charge in [-0.1, -0.05) is 30.3 Å². The van der Waals surface area contributed by atoms with Crippen LogP contribution in [0.25, 0.3) is 0 Å². The van der Waals surface area contributed by atoms with Crippen molar-refractivity contribution in [3.8, 4) is 0 Å². The number of ether oxygens (including phenoxy) is 2. The number of amides is 1. The van der Waals surface area contributed by atoms with E-state index in [0.29, 0.717) is 19.4 Å². The molecule has 23 heavy (non-hydrogen) atoms. The lowest BCUT2D eigenvalue weighted by molar-refractivity contribution is -0.153. The number of nitrogens with zero attached hydrogens (tertiary/aromatic N) is 1. The summed E-state index contributed by atoms with van der Waals surface area (Å²) in [6, 6.07) is 9.68. The van der Waals surface area contributed by atoms with Crippen molar-refractivity contribution in [3.63, 3.8) is 0 Å². The lowest BCUT2D eigenvalue weighted by atomic mass is 9.88. The molecule has 0 saturated carbocycles. The molecule has 5 nitrogen and oxygen atoms in total. The second kappa shape index (κ2) is 6.60. The highest BCUT2D eigenvalue weighted by Gasteiger charge is 2.51. The summed E-state index contributed by atoms with van der Waals surface area (Å²) >= 11 is 0. The van der Waals surface area contributed by atoms with Gasteiger partial charge in [0.1, 0.15) is 11.1 Å². The van der Waals surface area contributed by atoms with E-state index in [4.69, 9.17) is 9.47 Å². The first kappa shape index (κ1) is 17.3. The molecule has 0 aromatic heterocycles. The van der Waals surface area contributed by atoms with E-state index < -0.39 is 17.2 Å². The average molecular weight is 319 g/mol. The molecule has 2 rings (SSSR count). The molecule has 5 heteroatoms. The number of hydrogen-bond donors (Lipinski definition) is 0. The molecule has 0 N–H and O–H groups in total. The fourth-order valence-electron chi connectivity index (χ4n) is 3.05. The summed E-state index contributed by atoms with van der Waals surface area (Å²) in [4.78, 5) is 26.7. The van der Waals surface area contributed by atoms with Gasteiger partial charge in [-0.05, 0) is 39.2 Å². The van der Waals surface area contributed by atoms with Crippen molar-refractivity contribution >= 4 is 12.1 Å². The van der Waals surface area contributed by atoms with Crippen molar-refractivity contribution < 1.29 is 19.1 Å². The smallest absolute Gasteiger partial charge is 0.411 e. The second-order valence-electron chi connectivity index (χ2n) is 6.92. The molecule has 1 amide bonds. The van der Waals surface area contributed by atoms with Gasteiger partial charge in [-0.2, -0.15) is 0 Å². The van der Waals surface area contributed by atoms with Gasteiger partial charge in [-0.15, -0.1) is 0 Å². The molecule has 0 radical (unpaired) electrons. The molecule has 0 bridgehead atoms. The number of carbonyl (C=O) groups is 2. The number of methoxy groups -OCH3 is 1. The molecule has 1 saturated heterocycles. The first-order valence-corrected chi connectivity index (χ1v) is 7.91. The SMILES string of the molecule is COC(=O)[C@]1(Cc2ccccc2)CCCN1C(=O)OC(C)(C)C. The Kier molecular flexibility index (Phi) is 4.97. The fraction of sp³-hybridized carbons (Fsp3) is 0.556. The summed E-state index contributed by atoms with van der Waals surface area (Å²) in [6.07, 6.45) is 1.30. The quantitative estimate of drug-likeness (QED) is 0.803. The highest BCUT2D eigenvalue weighted by molar-refractivity contribution is 5.87. The largest absolute Gasteiger partial charge is 0.467 e. The number of likely N-dealkylation sites (tertiary alicyclic amines) is 1. The Labute approximate surface area is 137 Å². The van der Waals surface area contributed by atoms with Crippen LogP contribution in [0.2, 0.25) is 0 Å². The zero-order valence-corrected chi connectivity index (χ0v) is 14.3. The van der Waals surface area contributed by atoms with Crippen molar-refractivity contribution in [1.29, 1.82) is 0 Å². The summed E-state index contributed by atoms with van der Waals surface area (Å²) in [5, 5.41) is 0. The van der Waals surface area contributed by atoms with Gasteiger partial charge in [0.05, 0.1) is 7.11 Å². The topological polar surface area (TPSA) is 55.8 Å². The summed E-state index contributed by atoms with van der Waals surface area (Å²) < 4.78 is 10.5. The lowest BCUT2D eigenvalue weighted by Gasteiger charge is -2.37. The third-order valence-corrected chi connectivity index (χ3v) is 4.01. The van der Waals surface area contributed by atoms with Gasteiger partial charge in [-0.3, -0.25) is 4.90 Å². The van der Waals surface area contributed by atoms with Gasteiger partial charge < -0.3 is 9.47 Å². The fourth-order valence-corrected chi connectivity index (χ4v) is 3.05. The monoisotopic (exact) mass is 319 g/mol. The summed E-state index contributed by atoms with van der Waals surface area (Å²) in [6.45, 7) is 5.95. The van der Waals surface area contributed by atoms with E-state index in [1.807, 2.05) is 51.1 Å². The van der Waals surface area contributed by atoms with E-state index in [0.717, 1.165) is 12.0 Å². The van der Waals surface area contributed by atoms with E-state index in [-0.39, 0.29) is 5.97 Å². The Bertz CT molecular complexity index is 564.